The minimum Gasteiger partial charge on any atom is -0.348 e. The Bertz CT molecular complexity index is 905. The molecule has 1 aliphatic rings. The van der Waals surface area contributed by atoms with Gasteiger partial charge in [0, 0.05) is 37.5 Å². The number of aromatic nitrogens is 2. The summed E-state index contributed by atoms with van der Waals surface area (Å²) in [4.78, 5) is 14.5. The number of likely N-dealkylation sites (tertiary alicyclic amines) is 1. The van der Waals surface area contributed by atoms with Gasteiger partial charge in [-0.2, -0.15) is 5.10 Å². The van der Waals surface area contributed by atoms with E-state index >= 15 is 0 Å². The predicted molar refractivity (Wildman–Crippen MR) is 101 cm³/mol. The van der Waals surface area contributed by atoms with Crippen molar-refractivity contribution in [1.82, 2.24) is 20.4 Å². The number of sulfone groups is 1. The van der Waals surface area contributed by atoms with E-state index in [9.17, 15) is 17.6 Å². The molecule has 1 saturated heterocycles. The highest BCUT2D eigenvalue weighted by Crippen LogP contribution is 2.21. The minimum absolute atomic E-state index is 0.0206. The Kier molecular flexibility index (Phi) is 5.91. The summed E-state index contributed by atoms with van der Waals surface area (Å²) in [6, 6.07) is 7.83. The van der Waals surface area contributed by atoms with Crippen molar-refractivity contribution in [3.63, 3.8) is 0 Å². The van der Waals surface area contributed by atoms with E-state index < -0.39 is 15.7 Å². The average molecular weight is 394 g/mol. The first-order chi connectivity index (χ1) is 12.8. The number of benzene rings is 1. The van der Waals surface area contributed by atoms with Gasteiger partial charge in [-0.25, -0.2) is 12.8 Å². The molecule has 0 saturated carbocycles. The fourth-order valence-corrected chi connectivity index (χ4v) is 3.69. The Morgan fingerprint density at radius 2 is 2.04 bits per heavy atom. The molecule has 0 aliphatic carbocycles. The van der Waals surface area contributed by atoms with Crippen LogP contribution >= 0.6 is 0 Å². The molecule has 1 aromatic heterocycles. The lowest BCUT2D eigenvalue weighted by molar-refractivity contribution is 0.0908. The molecule has 1 aromatic carbocycles. The van der Waals surface area contributed by atoms with Crippen LogP contribution in [0.5, 0.6) is 0 Å². The second-order valence-electron chi connectivity index (χ2n) is 6.87. The standard InChI is InChI=1S/C18H23FN4O3S/c1-27(25,26)11-10-23-8-6-13(7-9-23)20-18(24)17-12-16(21-22-17)14-4-2-3-5-15(14)19/h2-5,12-13H,6-11H2,1H3,(H,20,24)(H,21,22). The Morgan fingerprint density at radius 3 is 2.70 bits per heavy atom. The van der Waals surface area contributed by atoms with Gasteiger partial charge in [0.2, 0.25) is 0 Å². The summed E-state index contributed by atoms with van der Waals surface area (Å²) in [5.41, 5.74) is 1.01. The number of nitrogens with one attached hydrogen (secondary N) is 2. The summed E-state index contributed by atoms with van der Waals surface area (Å²) in [5, 5.41) is 9.65. The largest absolute Gasteiger partial charge is 0.348 e. The summed E-state index contributed by atoms with van der Waals surface area (Å²) in [7, 11) is -2.96. The van der Waals surface area contributed by atoms with Crippen LogP contribution in [0.15, 0.2) is 30.3 Å². The smallest absolute Gasteiger partial charge is 0.269 e. The molecule has 2 N–H and O–H groups in total. The lowest BCUT2D eigenvalue weighted by atomic mass is 10.0. The molecule has 0 bridgehead atoms. The van der Waals surface area contributed by atoms with Gasteiger partial charge in [-0.15, -0.1) is 0 Å². The topological polar surface area (TPSA) is 95.2 Å². The Balaban J connectivity index is 1.53. The highest BCUT2D eigenvalue weighted by molar-refractivity contribution is 7.90. The van der Waals surface area contributed by atoms with Crippen LogP contribution in [0, 0.1) is 5.82 Å². The van der Waals surface area contributed by atoms with Gasteiger partial charge < -0.3 is 10.2 Å². The van der Waals surface area contributed by atoms with Crippen LogP contribution in [0.3, 0.4) is 0 Å². The Hall–Kier alpha value is -2.26. The number of hydrogen-bond acceptors (Lipinski definition) is 5. The van der Waals surface area contributed by atoms with Crippen molar-refractivity contribution in [2.75, 3.05) is 31.6 Å². The van der Waals surface area contributed by atoms with Crippen molar-refractivity contribution in [2.24, 2.45) is 0 Å². The molecule has 3 rings (SSSR count). The van der Waals surface area contributed by atoms with Gasteiger partial charge in [0.1, 0.15) is 21.3 Å². The average Bonchev–Trinajstić information content (AvgIpc) is 3.11. The Labute approximate surface area is 157 Å². The maximum absolute atomic E-state index is 13.8. The first kappa shape index (κ1) is 19.5. The molecule has 1 aliphatic heterocycles. The summed E-state index contributed by atoms with van der Waals surface area (Å²) in [6.07, 6.45) is 2.74. The van der Waals surface area contributed by atoms with E-state index in [1.807, 2.05) is 0 Å². The van der Waals surface area contributed by atoms with E-state index in [1.165, 1.54) is 18.4 Å². The van der Waals surface area contributed by atoms with Gasteiger partial charge in [0.15, 0.2) is 0 Å². The lowest BCUT2D eigenvalue weighted by Gasteiger charge is -2.32. The van der Waals surface area contributed by atoms with Gasteiger partial charge in [-0.1, -0.05) is 12.1 Å². The molecule has 27 heavy (non-hydrogen) atoms. The van der Waals surface area contributed by atoms with Crippen molar-refractivity contribution in [3.8, 4) is 11.3 Å². The number of aromatic amines is 1. The molecule has 0 unspecified atom stereocenters. The normalized spacial score (nSPS) is 16.4. The number of amides is 1. The molecule has 0 radical (unpaired) electrons. The van der Waals surface area contributed by atoms with Gasteiger partial charge in [0.25, 0.3) is 5.91 Å². The van der Waals surface area contributed by atoms with Crippen LogP contribution in [-0.4, -0.2) is 67.1 Å². The van der Waals surface area contributed by atoms with Crippen molar-refractivity contribution in [3.05, 3.63) is 41.8 Å². The predicted octanol–water partition coefficient (Wildman–Crippen LogP) is 1.45. The fourth-order valence-electron chi connectivity index (χ4n) is 3.10. The van der Waals surface area contributed by atoms with Crippen LogP contribution in [-0.2, 0) is 9.84 Å². The van der Waals surface area contributed by atoms with Crippen LogP contribution in [0.4, 0.5) is 4.39 Å². The van der Waals surface area contributed by atoms with E-state index in [-0.39, 0.29) is 23.4 Å². The second kappa shape index (κ2) is 8.18. The van der Waals surface area contributed by atoms with Gasteiger partial charge >= 0.3 is 0 Å². The third kappa shape index (κ3) is 5.36. The van der Waals surface area contributed by atoms with Gasteiger partial charge in [-0.3, -0.25) is 9.89 Å². The van der Waals surface area contributed by atoms with Gasteiger partial charge in [0.05, 0.1) is 11.4 Å². The SMILES string of the molecule is CS(=O)(=O)CCN1CCC(NC(=O)c2cc(-c3ccccc3F)n[nH]2)CC1. The molecule has 2 aromatic rings. The lowest BCUT2D eigenvalue weighted by Crippen LogP contribution is -2.45. The number of H-pyrrole nitrogens is 1. The molecular weight excluding hydrogens is 371 g/mol. The highest BCUT2D eigenvalue weighted by Gasteiger charge is 2.22. The van der Waals surface area contributed by atoms with Crippen molar-refractivity contribution in [1.29, 1.82) is 0 Å². The highest BCUT2D eigenvalue weighted by atomic mass is 32.2. The molecule has 1 amide bonds. The van der Waals surface area contributed by atoms with E-state index in [1.54, 1.807) is 18.2 Å². The van der Waals surface area contributed by atoms with E-state index in [4.69, 9.17) is 0 Å². The van der Waals surface area contributed by atoms with E-state index in [0.717, 1.165) is 25.9 Å². The maximum Gasteiger partial charge on any atom is 0.269 e. The quantitative estimate of drug-likeness (QED) is 0.773. The molecule has 2 heterocycles. The number of nitrogens with zero attached hydrogens (tertiary/aromatic N) is 2. The number of carbonyl (C=O) groups excluding carboxylic acids is 1. The molecule has 146 valence electrons. The summed E-state index contributed by atoms with van der Waals surface area (Å²) in [5.74, 6) is -0.520. The molecule has 9 heteroatoms. The molecule has 0 spiro atoms. The number of carbonyl (C=O) groups is 1. The van der Waals surface area contributed by atoms with Gasteiger partial charge in [-0.05, 0) is 31.0 Å². The third-order valence-corrected chi connectivity index (χ3v) is 5.60. The van der Waals surface area contributed by atoms with Crippen LogP contribution in [0.2, 0.25) is 0 Å². The number of halogens is 1. The summed E-state index contributed by atoms with van der Waals surface area (Å²) in [6.45, 7) is 2.00. The van der Waals surface area contributed by atoms with Crippen molar-refractivity contribution >= 4 is 15.7 Å². The van der Waals surface area contributed by atoms with E-state index in [2.05, 4.69) is 20.4 Å². The van der Waals surface area contributed by atoms with Crippen LogP contribution in [0.25, 0.3) is 11.3 Å². The third-order valence-electron chi connectivity index (χ3n) is 4.67. The fraction of sp³-hybridized carbons (Fsp3) is 0.444. The Morgan fingerprint density at radius 1 is 1.33 bits per heavy atom. The van der Waals surface area contributed by atoms with E-state index in [0.29, 0.717) is 17.8 Å². The summed E-state index contributed by atoms with van der Waals surface area (Å²) >= 11 is 0. The second-order valence-corrected chi connectivity index (χ2v) is 9.13. The molecule has 1 fully saturated rings. The van der Waals surface area contributed by atoms with Crippen LogP contribution < -0.4 is 5.32 Å². The monoisotopic (exact) mass is 394 g/mol. The van der Waals surface area contributed by atoms with Crippen LogP contribution in [0.1, 0.15) is 23.3 Å². The zero-order valence-electron chi connectivity index (χ0n) is 15.1. The van der Waals surface area contributed by atoms with Crippen molar-refractivity contribution in [2.45, 2.75) is 18.9 Å². The molecule has 7 nitrogen and oxygen atoms in total. The molecular formula is C18H23FN4O3S. The first-order valence-corrected chi connectivity index (χ1v) is 10.9. The minimum atomic E-state index is -2.96. The number of piperidine rings is 1. The zero-order valence-corrected chi connectivity index (χ0v) is 15.9. The number of hydrogen-bond donors (Lipinski definition) is 2. The van der Waals surface area contributed by atoms with Crippen molar-refractivity contribution < 1.29 is 17.6 Å². The summed E-state index contributed by atoms with van der Waals surface area (Å²) < 4.78 is 36.3. The zero-order chi connectivity index (χ0) is 19.4. The number of rotatable bonds is 6. The molecule has 0 atom stereocenters. The first-order valence-electron chi connectivity index (χ1n) is 8.83. The maximum atomic E-state index is 13.8.